The van der Waals surface area contributed by atoms with Crippen molar-refractivity contribution in [3.05, 3.63) is 0 Å². The van der Waals surface area contributed by atoms with Crippen LogP contribution in [-0.2, 0) is 9.47 Å². The molecule has 0 aromatic carbocycles. The second-order valence-corrected chi connectivity index (χ2v) is 2.09. The largest absolute Gasteiger partial charge is 0.465 e. The minimum absolute atomic E-state index is 0.0851. The first kappa shape index (κ1) is 12.2. The van der Waals surface area contributed by atoms with E-state index in [0.29, 0.717) is 13.2 Å². The summed E-state index contributed by atoms with van der Waals surface area (Å²) >= 11 is 0. The van der Waals surface area contributed by atoms with Gasteiger partial charge in [-0.1, -0.05) is 0 Å². The van der Waals surface area contributed by atoms with Gasteiger partial charge in [-0.2, -0.15) is 9.98 Å². The highest BCUT2D eigenvalue weighted by atomic mass is 16.5. The van der Waals surface area contributed by atoms with Gasteiger partial charge in [-0.25, -0.2) is 5.41 Å². The van der Waals surface area contributed by atoms with Crippen LogP contribution >= 0.6 is 0 Å². The van der Waals surface area contributed by atoms with Gasteiger partial charge in [0, 0.05) is 0 Å². The van der Waals surface area contributed by atoms with E-state index in [4.69, 9.17) is 26.4 Å². The zero-order chi connectivity index (χ0) is 11.0. The fourth-order valence-corrected chi connectivity index (χ4v) is 0.591. The highest BCUT2D eigenvalue weighted by Gasteiger charge is 1.97. The van der Waals surface area contributed by atoms with Crippen molar-refractivity contribution in [3.8, 4) is 0 Å². The summed E-state index contributed by atoms with van der Waals surface area (Å²) in [7, 11) is 0. The Labute approximate surface area is 82.3 Å². The van der Waals surface area contributed by atoms with Crippen LogP contribution in [0.4, 0.5) is 0 Å². The van der Waals surface area contributed by atoms with Gasteiger partial charge in [0.05, 0.1) is 13.2 Å². The van der Waals surface area contributed by atoms with Crippen LogP contribution in [0.1, 0.15) is 13.8 Å². The number of nitrogens with one attached hydrogen (secondary N) is 1. The topological polar surface area (TPSA) is 119 Å². The number of rotatable bonds is 2. The third kappa shape index (κ3) is 5.81. The lowest BCUT2D eigenvalue weighted by Crippen LogP contribution is -2.22. The average Bonchev–Trinajstić information content (AvgIpc) is 2.03. The molecule has 0 aliphatic heterocycles. The molecular weight excluding hydrogens is 186 g/mol. The van der Waals surface area contributed by atoms with E-state index in [-0.39, 0.29) is 18.0 Å². The molecule has 0 saturated carbocycles. The molecule has 0 aliphatic rings. The van der Waals surface area contributed by atoms with E-state index < -0.39 is 0 Å². The Hall–Kier alpha value is -1.79. The Morgan fingerprint density at radius 2 is 1.71 bits per heavy atom. The molecule has 0 unspecified atom stereocenters. The van der Waals surface area contributed by atoms with Crippen molar-refractivity contribution in [2.45, 2.75) is 13.8 Å². The number of nitrogens with zero attached hydrogens (tertiary/aromatic N) is 2. The average molecular weight is 201 g/mol. The Bertz CT molecular complexity index is 248. The molecule has 0 heterocycles. The Morgan fingerprint density at radius 3 is 2.21 bits per heavy atom. The van der Waals surface area contributed by atoms with Crippen LogP contribution in [0.2, 0.25) is 0 Å². The maximum Gasteiger partial charge on any atom is 0.312 e. The molecule has 14 heavy (non-hydrogen) atoms. The normalized spacial score (nSPS) is 12.4. The van der Waals surface area contributed by atoms with Crippen LogP contribution in [0, 0.1) is 5.41 Å². The van der Waals surface area contributed by atoms with E-state index in [1.165, 1.54) is 0 Å². The third-order valence-corrected chi connectivity index (χ3v) is 1.01. The summed E-state index contributed by atoms with van der Waals surface area (Å²) in [5, 5.41) is 7.12. The van der Waals surface area contributed by atoms with Crippen LogP contribution in [0.25, 0.3) is 0 Å². The molecule has 0 aromatic rings. The summed E-state index contributed by atoms with van der Waals surface area (Å²) < 4.78 is 9.53. The molecule has 0 rings (SSSR count). The van der Waals surface area contributed by atoms with Crippen LogP contribution in [0.3, 0.4) is 0 Å². The van der Waals surface area contributed by atoms with E-state index in [0.717, 1.165) is 0 Å². The summed E-state index contributed by atoms with van der Waals surface area (Å²) in [6.45, 7) is 4.24. The van der Waals surface area contributed by atoms with E-state index in [1.54, 1.807) is 13.8 Å². The highest BCUT2D eigenvalue weighted by molar-refractivity contribution is 5.96. The standard InChI is InChI=1S/C7H15N5O2/c1-3-13-6(9)11-5(8)12-7(10)14-4-2/h3-4H2,1-2H3,(H5,8,9,10,11,12). The van der Waals surface area contributed by atoms with Crippen LogP contribution in [0.5, 0.6) is 0 Å². The molecule has 0 radical (unpaired) electrons. The molecule has 0 aromatic heterocycles. The first-order valence-corrected chi connectivity index (χ1v) is 4.12. The first-order chi connectivity index (χ1) is 6.60. The molecule has 0 atom stereocenters. The molecule has 0 bridgehead atoms. The molecular formula is C7H15N5O2. The molecule has 0 fully saturated rings. The van der Waals surface area contributed by atoms with E-state index in [1.807, 2.05) is 0 Å². The van der Waals surface area contributed by atoms with Crippen LogP contribution < -0.4 is 11.5 Å². The minimum Gasteiger partial charge on any atom is -0.465 e. The monoisotopic (exact) mass is 201 g/mol. The van der Waals surface area contributed by atoms with E-state index in [9.17, 15) is 0 Å². The highest BCUT2D eigenvalue weighted by Crippen LogP contribution is 1.83. The SMILES string of the molecule is CCOC(=N)/N=C(N)/N=C(\N)OCC. The van der Waals surface area contributed by atoms with Gasteiger partial charge in [0.25, 0.3) is 6.02 Å². The van der Waals surface area contributed by atoms with E-state index >= 15 is 0 Å². The summed E-state index contributed by atoms with van der Waals surface area (Å²) in [6, 6.07) is -0.393. The molecule has 0 amide bonds. The second-order valence-electron chi connectivity index (χ2n) is 2.09. The predicted octanol–water partition coefficient (Wildman–Crippen LogP) is -0.376. The predicted molar refractivity (Wildman–Crippen MR) is 54.2 cm³/mol. The lowest BCUT2D eigenvalue weighted by molar-refractivity contribution is 0.319. The molecule has 7 heteroatoms. The van der Waals surface area contributed by atoms with Gasteiger partial charge in [-0.15, -0.1) is 0 Å². The Balaban J connectivity index is 4.24. The lowest BCUT2D eigenvalue weighted by atomic mass is 10.8. The van der Waals surface area contributed by atoms with Gasteiger partial charge >= 0.3 is 6.02 Å². The summed E-state index contributed by atoms with van der Waals surface area (Å²) in [5.41, 5.74) is 10.6. The van der Waals surface area contributed by atoms with Gasteiger partial charge in [0.1, 0.15) is 0 Å². The summed E-state index contributed by atoms with van der Waals surface area (Å²) in [4.78, 5) is 7.06. The zero-order valence-corrected chi connectivity index (χ0v) is 8.28. The fourth-order valence-electron chi connectivity index (χ4n) is 0.591. The fraction of sp³-hybridized carbons (Fsp3) is 0.571. The van der Waals surface area contributed by atoms with Gasteiger partial charge in [-0.05, 0) is 13.8 Å². The maximum absolute atomic E-state index is 7.12. The molecule has 80 valence electrons. The van der Waals surface area contributed by atoms with Crippen molar-refractivity contribution < 1.29 is 9.47 Å². The lowest BCUT2D eigenvalue weighted by Gasteiger charge is -2.01. The zero-order valence-electron chi connectivity index (χ0n) is 8.28. The van der Waals surface area contributed by atoms with Crippen molar-refractivity contribution in [1.29, 1.82) is 5.41 Å². The molecule has 0 saturated heterocycles. The van der Waals surface area contributed by atoms with Crippen molar-refractivity contribution in [2.75, 3.05) is 13.2 Å². The Kier molecular flexibility index (Phi) is 5.84. The number of ether oxygens (including phenoxy) is 2. The Morgan fingerprint density at radius 1 is 1.14 bits per heavy atom. The molecule has 5 N–H and O–H groups in total. The van der Waals surface area contributed by atoms with Crippen molar-refractivity contribution in [1.82, 2.24) is 0 Å². The smallest absolute Gasteiger partial charge is 0.312 e. The molecule has 0 aliphatic carbocycles. The van der Waals surface area contributed by atoms with Crippen LogP contribution in [0.15, 0.2) is 9.98 Å². The van der Waals surface area contributed by atoms with Crippen LogP contribution in [-0.4, -0.2) is 31.2 Å². The first-order valence-electron chi connectivity index (χ1n) is 4.12. The van der Waals surface area contributed by atoms with Gasteiger partial charge < -0.3 is 20.9 Å². The number of hydrogen-bond acceptors (Lipinski definition) is 3. The number of guanidine groups is 1. The number of nitrogens with two attached hydrogens (primary N) is 2. The van der Waals surface area contributed by atoms with Gasteiger partial charge in [-0.3, -0.25) is 0 Å². The maximum atomic E-state index is 7.12. The van der Waals surface area contributed by atoms with Crippen molar-refractivity contribution in [2.24, 2.45) is 21.5 Å². The number of aliphatic imine (C=N–C) groups is 2. The van der Waals surface area contributed by atoms with Gasteiger partial charge in [0.2, 0.25) is 5.96 Å². The van der Waals surface area contributed by atoms with Gasteiger partial charge in [0.15, 0.2) is 0 Å². The summed E-state index contributed by atoms with van der Waals surface area (Å²) in [6.07, 6.45) is 0. The molecule has 7 nitrogen and oxygen atoms in total. The number of amidine groups is 2. The number of hydrogen-bond donors (Lipinski definition) is 3. The minimum atomic E-state index is -0.307. The van der Waals surface area contributed by atoms with Crippen molar-refractivity contribution in [3.63, 3.8) is 0 Å². The molecule has 0 spiro atoms. The van der Waals surface area contributed by atoms with Crippen molar-refractivity contribution >= 4 is 18.0 Å². The van der Waals surface area contributed by atoms with E-state index in [2.05, 4.69) is 9.98 Å². The second kappa shape index (κ2) is 6.70. The summed E-state index contributed by atoms with van der Waals surface area (Å²) in [5.74, 6) is -0.172. The third-order valence-electron chi connectivity index (χ3n) is 1.01. The quantitative estimate of drug-likeness (QED) is 0.416.